The standard InChI is InChI=1S/C23H23ClN4O2/c1-15-7-6-8-16(13-15)28-21(14-20(27-28)17-9-2-3-10-18(17)24)23(30)26-19-11-4-5-12-25-22(19)29/h2-3,6-10,13-14,19H,4-5,11-12H2,1H3,(H,25,29)(H,26,30). The largest absolute Gasteiger partial charge is 0.354 e. The predicted octanol–water partition coefficient (Wildman–Crippen LogP) is 3.90. The van der Waals surface area contributed by atoms with E-state index in [0.29, 0.717) is 29.4 Å². The lowest BCUT2D eigenvalue weighted by atomic mass is 10.1. The number of aromatic nitrogens is 2. The number of hydrogen-bond donors (Lipinski definition) is 2. The molecule has 1 unspecified atom stereocenters. The molecular weight excluding hydrogens is 400 g/mol. The third-order valence-corrected chi connectivity index (χ3v) is 5.51. The first kappa shape index (κ1) is 20.2. The van der Waals surface area contributed by atoms with Crippen molar-refractivity contribution in [2.24, 2.45) is 0 Å². The number of hydrogen-bond acceptors (Lipinski definition) is 3. The van der Waals surface area contributed by atoms with Gasteiger partial charge in [-0.05, 0) is 56.0 Å². The Hall–Kier alpha value is -3.12. The topological polar surface area (TPSA) is 76.0 Å². The first-order chi connectivity index (χ1) is 14.5. The summed E-state index contributed by atoms with van der Waals surface area (Å²) in [4.78, 5) is 25.5. The minimum Gasteiger partial charge on any atom is -0.354 e. The molecule has 0 spiro atoms. The fraction of sp³-hybridized carbons (Fsp3) is 0.261. The van der Waals surface area contributed by atoms with Crippen LogP contribution in [0.1, 0.15) is 35.3 Å². The molecule has 0 radical (unpaired) electrons. The van der Waals surface area contributed by atoms with Crippen LogP contribution in [0.2, 0.25) is 5.02 Å². The molecule has 1 saturated heterocycles. The van der Waals surface area contributed by atoms with Gasteiger partial charge in [0.2, 0.25) is 5.91 Å². The lowest BCUT2D eigenvalue weighted by Gasteiger charge is -2.15. The van der Waals surface area contributed by atoms with Gasteiger partial charge in [-0.3, -0.25) is 9.59 Å². The van der Waals surface area contributed by atoms with Crippen LogP contribution in [0.4, 0.5) is 0 Å². The molecule has 154 valence electrons. The van der Waals surface area contributed by atoms with E-state index in [4.69, 9.17) is 11.6 Å². The third kappa shape index (κ3) is 4.24. The summed E-state index contributed by atoms with van der Waals surface area (Å²) < 4.78 is 1.61. The molecule has 1 aromatic heterocycles. The van der Waals surface area contributed by atoms with Crippen LogP contribution in [0.5, 0.6) is 0 Å². The molecule has 6 nitrogen and oxygen atoms in total. The lowest BCUT2D eigenvalue weighted by Crippen LogP contribution is -2.45. The van der Waals surface area contributed by atoms with Crippen molar-refractivity contribution in [2.75, 3.05) is 6.54 Å². The van der Waals surface area contributed by atoms with Gasteiger partial charge in [0.15, 0.2) is 0 Å². The second-order valence-electron chi connectivity index (χ2n) is 7.46. The number of amides is 2. The van der Waals surface area contributed by atoms with Crippen molar-refractivity contribution >= 4 is 23.4 Å². The van der Waals surface area contributed by atoms with E-state index >= 15 is 0 Å². The number of rotatable bonds is 4. The van der Waals surface area contributed by atoms with Gasteiger partial charge in [-0.15, -0.1) is 0 Å². The van der Waals surface area contributed by atoms with Crippen LogP contribution in [0.3, 0.4) is 0 Å². The maximum absolute atomic E-state index is 13.2. The molecule has 2 aromatic carbocycles. The molecule has 3 aromatic rings. The number of aryl methyl sites for hydroxylation is 1. The van der Waals surface area contributed by atoms with Crippen LogP contribution in [-0.4, -0.2) is 34.2 Å². The van der Waals surface area contributed by atoms with Gasteiger partial charge in [-0.2, -0.15) is 5.10 Å². The zero-order valence-corrected chi connectivity index (χ0v) is 17.4. The van der Waals surface area contributed by atoms with Crippen LogP contribution in [0.25, 0.3) is 16.9 Å². The maximum Gasteiger partial charge on any atom is 0.270 e. The van der Waals surface area contributed by atoms with Crippen LogP contribution in [0, 0.1) is 6.92 Å². The van der Waals surface area contributed by atoms with Crippen molar-refractivity contribution in [1.82, 2.24) is 20.4 Å². The third-order valence-electron chi connectivity index (χ3n) is 5.18. The average molecular weight is 423 g/mol. The van der Waals surface area contributed by atoms with E-state index in [-0.39, 0.29) is 11.8 Å². The molecule has 1 atom stereocenters. The van der Waals surface area contributed by atoms with Crippen molar-refractivity contribution < 1.29 is 9.59 Å². The van der Waals surface area contributed by atoms with Gasteiger partial charge in [0.05, 0.1) is 16.4 Å². The summed E-state index contributed by atoms with van der Waals surface area (Å²) in [6, 6.07) is 16.3. The maximum atomic E-state index is 13.2. The van der Waals surface area contributed by atoms with Crippen LogP contribution in [-0.2, 0) is 4.79 Å². The molecule has 2 heterocycles. The van der Waals surface area contributed by atoms with Crippen LogP contribution >= 0.6 is 11.6 Å². The zero-order valence-electron chi connectivity index (χ0n) is 16.7. The summed E-state index contributed by atoms with van der Waals surface area (Å²) in [6.45, 7) is 2.63. The first-order valence-electron chi connectivity index (χ1n) is 10.0. The second kappa shape index (κ2) is 8.71. The Balaban J connectivity index is 1.74. The molecule has 7 heteroatoms. The highest BCUT2D eigenvalue weighted by molar-refractivity contribution is 6.33. The Morgan fingerprint density at radius 3 is 2.80 bits per heavy atom. The van der Waals surface area contributed by atoms with Crippen molar-refractivity contribution in [3.05, 3.63) is 70.9 Å². The number of halogens is 1. The number of carbonyl (C=O) groups is 2. The molecule has 1 aliphatic heterocycles. The summed E-state index contributed by atoms with van der Waals surface area (Å²) in [5.41, 5.74) is 3.51. The first-order valence-corrected chi connectivity index (χ1v) is 10.4. The van der Waals surface area contributed by atoms with E-state index in [0.717, 1.165) is 29.7 Å². The van der Waals surface area contributed by atoms with Gasteiger partial charge in [0.1, 0.15) is 11.7 Å². The molecule has 0 saturated carbocycles. The lowest BCUT2D eigenvalue weighted by molar-refractivity contribution is -0.122. The molecule has 1 fully saturated rings. The molecular formula is C23H23ClN4O2. The van der Waals surface area contributed by atoms with E-state index in [1.807, 2.05) is 49.4 Å². The summed E-state index contributed by atoms with van der Waals surface area (Å²) in [5, 5.41) is 11.0. The molecule has 30 heavy (non-hydrogen) atoms. The fourth-order valence-corrected chi connectivity index (χ4v) is 3.84. The van der Waals surface area contributed by atoms with Crippen LogP contribution in [0.15, 0.2) is 54.6 Å². The number of nitrogens with zero attached hydrogens (tertiary/aromatic N) is 2. The second-order valence-corrected chi connectivity index (χ2v) is 7.87. The van der Waals surface area contributed by atoms with Gasteiger partial charge in [0, 0.05) is 12.1 Å². The average Bonchev–Trinajstić information content (AvgIpc) is 3.08. The van der Waals surface area contributed by atoms with E-state index in [9.17, 15) is 9.59 Å². The Bertz CT molecular complexity index is 1090. The number of nitrogens with one attached hydrogen (secondary N) is 2. The van der Waals surface area contributed by atoms with Crippen molar-refractivity contribution in [3.8, 4) is 16.9 Å². The monoisotopic (exact) mass is 422 g/mol. The Kier molecular flexibility index (Phi) is 5.86. The predicted molar refractivity (Wildman–Crippen MR) is 117 cm³/mol. The Morgan fingerprint density at radius 2 is 2.00 bits per heavy atom. The zero-order chi connectivity index (χ0) is 21.1. The van der Waals surface area contributed by atoms with E-state index in [1.165, 1.54) is 0 Å². The molecule has 0 aliphatic carbocycles. The quantitative estimate of drug-likeness (QED) is 0.669. The summed E-state index contributed by atoms with van der Waals surface area (Å²) in [6.07, 6.45) is 2.41. The Labute approximate surface area is 180 Å². The van der Waals surface area contributed by atoms with Gasteiger partial charge in [0.25, 0.3) is 5.91 Å². The van der Waals surface area contributed by atoms with Gasteiger partial charge in [-0.25, -0.2) is 4.68 Å². The van der Waals surface area contributed by atoms with Gasteiger partial charge in [-0.1, -0.05) is 41.9 Å². The number of benzene rings is 2. The highest BCUT2D eigenvalue weighted by Gasteiger charge is 2.26. The molecule has 2 N–H and O–H groups in total. The molecule has 0 bridgehead atoms. The van der Waals surface area contributed by atoms with Crippen molar-refractivity contribution in [2.45, 2.75) is 32.2 Å². The summed E-state index contributed by atoms with van der Waals surface area (Å²) in [5.74, 6) is -0.488. The van der Waals surface area contributed by atoms with Crippen molar-refractivity contribution in [1.29, 1.82) is 0 Å². The Morgan fingerprint density at radius 1 is 1.17 bits per heavy atom. The minimum atomic E-state index is -0.551. The highest BCUT2D eigenvalue weighted by Crippen LogP contribution is 2.28. The van der Waals surface area contributed by atoms with Gasteiger partial charge >= 0.3 is 0 Å². The molecule has 1 aliphatic rings. The molecule has 4 rings (SSSR count). The highest BCUT2D eigenvalue weighted by atomic mass is 35.5. The van der Waals surface area contributed by atoms with E-state index < -0.39 is 6.04 Å². The SMILES string of the molecule is Cc1cccc(-n2nc(-c3ccccc3Cl)cc2C(=O)NC2CCCCNC2=O)c1. The van der Waals surface area contributed by atoms with E-state index in [2.05, 4.69) is 15.7 Å². The summed E-state index contributed by atoms with van der Waals surface area (Å²) >= 11 is 6.36. The normalized spacial score (nSPS) is 16.6. The summed E-state index contributed by atoms with van der Waals surface area (Å²) in [7, 11) is 0. The van der Waals surface area contributed by atoms with Gasteiger partial charge < -0.3 is 10.6 Å². The fourth-order valence-electron chi connectivity index (χ4n) is 3.61. The van der Waals surface area contributed by atoms with Crippen LogP contribution < -0.4 is 10.6 Å². The smallest absolute Gasteiger partial charge is 0.270 e. The number of carbonyl (C=O) groups excluding carboxylic acids is 2. The van der Waals surface area contributed by atoms with Crippen molar-refractivity contribution in [3.63, 3.8) is 0 Å². The van der Waals surface area contributed by atoms with E-state index in [1.54, 1.807) is 16.8 Å². The minimum absolute atomic E-state index is 0.145. The molecule has 2 amide bonds.